The van der Waals surface area contributed by atoms with Crippen molar-refractivity contribution in [1.29, 1.82) is 0 Å². The molecule has 1 unspecified atom stereocenters. The van der Waals surface area contributed by atoms with Crippen molar-refractivity contribution in [3.63, 3.8) is 0 Å². The fourth-order valence-electron chi connectivity index (χ4n) is 1.43. The predicted molar refractivity (Wildman–Crippen MR) is 61.5 cm³/mol. The maximum absolute atomic E-state index is 9.86. The molecule has 15 heavy (non-hydrogen) atoms. The van der Waals surface area contributed by atoms with Crippen molar-refractivity contribution in [2.75, 3.05) is 0 Å². The van der Waals surface area contributed by atoms with E-state index in [1.807, 2.05) is 24.3 Å². The Kier molecular flexibility index (Phi) is 3.23. The lowest BCUT2D eigenvalue weighted by Gasteiger charge is -2.07. The molecule has 0 saturated carbocycles. The van der Waals surface area contributed by atoms with Gasteiger partial charge in [-0.1, -0.05) is 28.1 Å². The van der Waals surface area contributed by atoms with E-state index in [-0.39, 0.29) is 0 Å². The highest BCUT2D eigenvalue weighted by molar-refractivity contribution is 9.10. The normalized spacial score (nSPS) is 12.7. The Balaban J connectivity index is 2.06. The van der Waals surface area contributed by atoms with Crippen LogP contribution in [0.25, 0.3) is 0 Å². The van der Waals surface area contributed by atoms with Gasteiger partial charge in [-0.25, -0.2) is 0 Å². The fraction of sp³-hybridized carbons (Fsp3) is 0.167. The van der Waals surface area contributed by atoms with Crippen LogP contribution in [0, 0.1) is 0 Å². The predicted octanol–water partition coefficient (Wildman–Crippen LogP) is 3.32. The van der Waals surface area contributed by atoms with Crippen molar-refractivity contribution in [2.24, 2.45) is 0 Å². The number of hydrogen-bond donors (Lipinski definition) is 1. The smallest absolute Gasteiger partial charge is 0.0960 e. The van der Waals surface area contributed by atoms with Crippen LogP contribution in [0.5, 0.6) is 0 Å². The molecule has 1 aromatic heterocycles. The standard InChI is InChI=1S/C12H11BrO2/c13-11-3-1-9(2-4-11)7-12(14)10-5-6-15-8-10/h1-6,8,12,14H,7H2. The first-order chi connectivity index (χ1) is 7.25. The summed E-state index contributed by atoms with van der Waals surface area (Å²) < 4.78 is 5.97. The van der Waals surface area contributed by atoms with Crippen molar-refractivity contribution in [3.05, 3.63) is 58.5 Å². The van der Waals surface area contributed by atoms with E-state index in [0.29, 0.717) is 6.42 Å². The third-order valence-electron chi connectivity index (χ3n) is 2.27. The molecule has 2 nitrogen and oxygen atoms in total. The maximum Gasteiger partial charge on any atom is 0.0960 e. The molecule has 0 saturated heterocycles. The van der Waals surface area contributed by atoms with Crippen LogP contribution in [-0.4, -0.2) is 5.11 Å². The molecule has 2 aromatic rings. The van der Waals surface area contributed by atoms with Crippen molar-refractivity contribution in [3.8, 4) is 0 Å². The second kappa shape index (κ2) is 4.64. The molecule has 0 bridgehead atoms. The number of furan rings is 1. The quantitative estimate of drug-likeness (QED) is 0.925. The van der Waals surface area contributed by atoms with Gasteiger partial charge < -0.3 is 9.52 Å². The van der Waals surface area contributed by atoms with Crippen LogP contribution < -0.4 is 0 Å². The molecule has 0 fully saturated rings. The molecule has 0 aliphatic carbocycles. The highest BCUT2D eigenvalue weighted by atomic mass is 79.9. The van der Waals surface area contributed by atoms with Crippen LogP contribution in [0.1, 0.15) is 17.2 Å². The average Bonchev–Trinajstić information content (AvgIpc) is 2.74. The van der Waals surface area contributed by atoms with E-state index in [0.717, 1.165) is 15.6 Å². The summed E-state index contributed by atoms with van der Waals surface area (Å²) in [7, 11) is 0. The van der Waals surface area contributed by atoms with E-state index in [4.69, 9.17) is 4.42 Å². The number of benzene rings is 1. The van der Waals surface area contributed by atoms with Gasteiger partial charge in [-0.05, 0) is 23.8 Å². The number of aliphatic hydroxyl groups excluding tert-OH is 1. The molecule has 1 heterocycles. The van der Waals surface area contributed by atoms with Crippen LogP contribution in [0.3, 0.4) is 0 Å². The number of hydrogen-bond acceptors (Lipinski definition) is 2. The van der Waals surface area contributed by atoms with E-state index in [1.165, 1.54) is 0 Å². The van der Waals surface area contributed by atoms with Gasteiger partial charge in [0.25, 0.3) is 0 Å². The van der Waals surface area contributed by atoms with Crippen molar-refractivity contribution in [1.82, 2.24) is 0 Å². The molecular formula is C12H11BrO2. The molecule has 1 atom stereocenters. The highest BCUT2D eigenvalue weighted by Crippen LogP contribution is 2.19. The molecule has 0 aliphatic rings. The maximum atomic E-state index is 9.86. The first-order valence-electron chi connectivity index (χ1n) is 4.70. The summed E-state index contributed by atoms with van der Waals surface area (Å²) in [5, 5.41) is 9.86. The van der Waals surface area contributed by atoms with Crippen molar-refractivity contribution < 1.29 is 9.52 Å². The van der Waals surface area contributed by atoms with Gasteiger partial charge in [0.2, 0.25) is 0 Å². The Morgan fingerprint density at radius 2 is 1.93 bits per heavy atom. The first kappa shape index (κ1) is 10.5. The number of rotatable bonds is 3. The Morgan fingerprint density at radius 3 is 2.53 bits per heavy atom. The molecule has 78 valence electrons. The van der Waals surface area contributed by atoms with Gasteiger partial charge >= 0.3 is 0 Å². The second-order valence-electron chi connectivity index (χ2n) is 3.40. The molecule has 2 rings (SSSR count). The van der Waals surface area contributed by atoms with Crippen LogP contribution >= 0.6 is 15.9 Å². The Bertz CT molecular complexity index is 406. The minimum atomic E-state index is -0.495. The zero-order valence-electron chi connectivity index (χ0n) is 8.06. The van der Waals surface area contributed by atoms with E-state index in [2.05, 4.69) is 15.9 Å². The second-order valence-corrected chi connectivity index (χ2v) is 4.32. The largest absolute Gasteiger partial charge is 0.472 e. The fourth-order valence-corrected chi connectivity index (χ4v) is 1.69. The number of halogens is 1. The minimum Gasteiger partial charge on any atom is -0.472 e. The first-order valence-corrected chi connectivity index (χ1v) is 5.49. The molecule has 0 amide bonds. The van der Waals surface area contributed by atoms with E-state index >= 15 is 0 Å². The third-order valence-corrected chi connectivity index (χ3v) is 2.80. The molecule has 1 N–H and O–H groups in total. The summed E-state index contributed by atoms with van der Waals surface area (Å²) in [5.41, 5.74) is 1.92. The molecule has 0 spiro atoms. The van der Waals surface area contributed by atoms with Gasteiger partial charge in [0.15, 0.2) is 0 Å². The highest BCUT2D eigenvalue weighted by Gasteiger charge is 2.09. The van der Waals surface area contributed by atoms with Gasteiger partial charge in [0, 0.05) is 16.5 Å². The summed E-state index contributed by atoms with van der Waals surface area (Å²) >= 11 is 3.37. The summed E-state index contributed by atoms with van der Waals surface area (Å²) in [6.45, 7) is 0. The lowest BCUT2D eigenvalue weighted by atomic mass is 10.0. The Labute approximate surface area is 96.7 Å². The third kappa shape index (κ3) is 2.70. The lowest BCUT2D eigenvalue weighted by molar-refractivity contribution is 0.177. The van der Waals surface area contributed by atoms with Gasteiger partial charge in [-0.2, -0.15) is 0 Å². The van der Waals surface area contributed by atoms with Gasteiger partial charge in [-0.15, -0.1) is 0 Å². The number of aliphatic hydroxyl groups is 1. The van der Waals surface area contributed by atoms with Gasteiger partial charge in [0.1, 0.15) is 0 Å². The minimum absolute atomic E-state index is 0.495. The zero-order valence-corrected chi connectivity index (χ0v) is 9.65. The van der Waals surface area contributed by atoms with Gasteiger partial charge in [0.05, 0.1) is 18.6 Å². The molecule has 3 heteroatoms. The monoisotopic (exact) mass is 266 g/mol. The summed E-state index contributed by atoms with van der Waals surface area (Å²) in [6.07, 6.45) is 3.25. The lowest BCUT2D eigenvalue weighted by Crippen LogP contribution is -1.99. The molecule has 1 aromatic carbocycles. The van der Waals surface area contributed by atoms with Crippen LogP contribution in [0.15, 0.2) is 51.7 Å². The van der Waals surface area contributed by atoms with Crippen molar-refractivity contribution >= 4 is 15.9 Å². The Morgan fingerprint density at radius 1 is 1.20 bits per heavy atom. The van der Waals surface area contributed by atoms with Crippen molar-refractivity contribution in [2.45, 2.75) is 12.5 Å². The molecule has 0 aliphatic heterocycles. The van der Waals surface area contributed by atoms with Crippen LogP contribution in [-0.2, 0) is 6.42 Å². The van der Waals surface area contributed by atoms with E-state index in [9.17, 15) is 5.11 Å². The topological polar surface area (TPSA) is 33.4 Å². The van der Waals surface area contributed by atoms with Crippen LogP contribution in [0.2, 0.25) is 0 Å². The van der Waals surface area contributed by atoms with E-state index < -0.39 is 6.10 Å². The zero-order chi connectivity index (χ0) is 10.7. The SMILES string of the molecule is OC(Cc1ccc(Br)cc1)c1ccoc1. The van der Waals surface area contributed by atoms with Gasteiger partial charge in [-0.3, -0.25) is 0 Å². The Hall–Kier alpha value is -1.06. The molecule has 0 radical (unpaired) electrons. The average molecular weight is 267 g/mol. The summed E-state index contributed by atoms with van der Waals surface area (Å²) in [6, 6.07) is 9.71. The summed E-state index contributed by atoms with van der Waals surface area (Å²) in [4.78, 5) is 0. The van der Waals surface area contributed by atoms with Crippen LogP contribution in [0.4, 0.5) is 0 Å². The molecular weight excluding hydrogens is 256 g/mol. The van der Waals surface area contributed by atoms with E-state index in [1.54, 1.807) is 18.6 Å². The summed E-state index contributed by atoms with van der Waals surface area (Å²) in [5.74, 6) is 0.